The predicted molar refractivity (Wildman–Crippen MR) is 137 cm³/mol. The van der Waals surface area contributed by atoms with Crippen molar-refractivity contribution in [2.45, 2.75) is 18.3 Å². The van der Waals surface area contributed by atoms with Crippen molar-refractivity contribution in [2.24, 2.45) is 0 Å². The summed E-state index contributed by atoms with van der Waals surface area (Å²) in [7, 11) is 0. The van der Waals surface area contributed by atoms with Gasteiger partial charge in [0.1, 0.15) is 23.5 Å². The Morgan fingerprint density at radius 2 is 1.62 bits per heavy atom. The average molecular weight is 533 g/mol. The first kappa shape index (κ1) is 24.9. The summed E-state index contributed by atoms with van der Waals surface area (Å²) < 4.78 is 41.4. The van der Waals surface area contributed by atoms with Gasteiger partial charge in [0.2, 0.25) is 5.88 Å². The van der Waals surface area contributed by atoms with Crippen molar-refractivity contribution in [1.29, 1.82) is 0 Å². The SMILES string of the molecule is OC[C@H]1OCC(Oc2nc3c(F)c(-c4ccc(-c5ccc(-c6nccc(O)n6)cc5)cc4)c(F)cc3[nH]2)C1O. The van der Waals surface area contributed by atoms with Gasteiger partial charge < -0.3 is 29.8 Å². The van der Waals surface area contributed by atoms with E-state index in [1.807, 2.05) is 24.3 Å². The first-order valence-corrected chi connectivity index (χ1v) is 12.1. The molecule has 0 radical (unpaired) electrons. The number of aromatic hydroxyl groups is 1. The number of aromatic amines is 1. The molecular formula is C28H22F2N4O5. The van der Waals surface area contributed by atoms with Crippen LogP contribution in [0.15, 0.2) is 66.9 Å². The number of fused-ring (bicyclic) bond motifs is 1. The predicted octanol–water partition coefficient (Wildman–Crippen LogP) is 3.84. The molecule has 1 aliphatic heterocycles. The van der Waals surface area contributed by atoms with E-state index in [1.54, 1.807) is 24.3 Å². The smallest absolute Gasteiger partial charge is 0.295 e. The fourth-order valence-corrected chi connectivity index (χ4v) is 4.57. The number of hydrogen-bond donors (Lipinski definition) is 4. The van der Waals surface area contributed by atoms with E-state index in [0.29, 0.717) is 11.4 Å². The van der Waals surface area contributed by atoms with E-state index in [1.165, 1.54) is 12.3 Å². The maximum atomic E-state index is 15.5. The molecule has 0 saturated carbocycles. The van der Waals surface area contributed by atoms with Gasteiger partial charge in [0.25, 0.3) is 6.01 Å². The maximum absolute atomic E-state index is 15.5. The minimum Gasteiger partial charge on any atom is -0.493 e. The van der Waals surface area contributed by atoms with Gasteiger partial charge in [0.05, 0.1) is 24.3 Å². The summed E-state index contributed by atoms with van der Waals surface area (Å²) in [5.74, 6) is -1.35. The number of imidazole rings is 1. The number of rotatable bonds is 6. The number of hydrogen-bond acceptors (Lipinski definition) is 8. The fourth-order valence-electron chi connectivity index (χ4n) is 4.57. The molecule has 5 aromatic rings. The summed E-state index contributed by atoms with van der Waals surface area (Å²) >= 11 is 0. The van der Waals surface area contributed by atoms with E-state index in [0.717, 1.165) is 22.8 Å². The first-order chi connectivity index (χ1) is 18.9. The second-order valence-electron chi connectivity index (χ2n) is 9.08. The third-order valence-electron chi connectivity index (χ3n) is 6.62. The number of aromatic nitrogens is 4. The molecular weight excluding hydrogens is 510 g/mol. The molecule has 3 heterocycles. The second kappa shape index (κ2) is 10.0. The molecule has 1 aliphatic rings. The zero-order valence-corrected chi connectivity index (χ0v) is 20.3. The third kappa shape index (κ3) is 4.67. The average Bonchev–Trinajstić information content (AvgIpc) is 3.52. The van der Waals surface area contributed by atoms with Crippen LogP contribution in [0.25, 0.3) is 44.7 Å². The van der Waals surface area contributed by atoms with Crippen molar-refractivity contribution in [3.8, 4) is 45.5 Å². The molecule has 0 bridgehead atoms. The van der Waals surface area contributed by atoms with Gasteiger partial charge in [-0.1, -0.05) is 48.5 Å². The lowest BCUT2D eigenvalue weighted by molar-refractivity contribution is -0.00390. The van der Waals surface area contributed by atoms with E-state index in [4.69, 9.17) is 9.47 Å². The number of nitrogens with zero attached hydrogens (tertiary/aromatic N) is 3. The first-order valence-electron chi connectivity index (χ1n) is 12.1. The zero-order chi connectivity index (χ0) is 27.1. The Bertz CT molecular complexity index is 1640. The minimum atomic E-state index is -1.09. The molecule has 0 spiro atoms. The van der Waals surface area contributed by atoms with Crippen molar-refractivity contribution in [3.63, 3.8) is 0 Å². The van der Waals surface area contributed by atoms with Gasteiger partial charge in [-0.15, -0.1) is 0 Å². The summed E-state index contributed by atoms with van der Waals surface area (Å²) in [6.07, 6.45) is -1.22. The number of benzene rings is 3. The monoisotopic (exact) mass is 532 g/mol. The second-order valence-corrected chi connectivity index (χ2v) is 9.08. The van der Waals surface area contributed by atoms with E-state index in [2.05, 4.69) is 19.9 Å². The standard InChI is InChI=1S/C28H22F2N4O5/c29-18-11-19-25(34-28(32-19)39-21-13-38-20(12-35)26(21)37)24(30)23(18)16-5-1-14(2-6-16)15-3-7-17(8-4-15)27-31-10-9-22(36)33-27/h1-11,20-21,26,35,37H,12-13H2,(H,32,34)(H,31,33,36)/t20-,21?,26?/m1/s1. The molecule has 1 saturated heterocycles. The topological polar surface area (TPSA) is 134 Å². The number of aliphatic hydroxyl groups excluding tert-OH is 2. The van der Waals surface area contributed by atoms with Gasteiger partial charge in [-0.2, -0.15) is 9.97 Å². The van der Waals surface area contributed by atoms with E-state index < -0.39 is 29.9 Å². The highest BCUT2D eigenvalue weighted by atomic mass is 19.1. The van der Waals surface area contributed by atoms with Gasteiger partial charge >= 0.3 is 0 Å². The molecule has 2 unspecified atom stereocenters. The number of H-pyrrole nitrogens is 1. The molecule has 4 N–H and O–H groups in total. The van der Waals surface area contributed by atoms with Crippen molar-refractivity contribution in [3.05, 3.63) is 78.5 Å². The fraction of sp³-hybridized carbons (Fsp3) is 0.179. The lowest BCUT2D eigenvalue weighted by Crippen LogP contribution is -2.36. The van der Waals surface area contributed by atoms with Gasteiger partial charge in [-0.25, -0.2) is 13.8 Å². The van der Waals surface area contributed by atoms with Crippen LogP contribution in [0.5, 0.6) is 11.9 Å². The molecule has 0 amide bonds. The van der Waals surface area contributed by atoms with Crippen LogP contribution in [0.2, 0.25) is 0 Å². The van der Waals surface area contributed by atoms with Crippen molar-refractivity contribution < 1.29 is 33.6 Å². The van der Waals surface area contributed by atoms with Crippen LogP contribution in [-0.2, 0) is 4.74 Å². The van der Waals surface area contributed by atoms with Gasteiger partial charge in [0, 0.05) is 23.9 Å². The summed E-state index contributed by atoms with van der Waals surface area (Å²) in [6, 6.07) is 16.6. The summed E-state index contributed by atoms with van der Waals surface area (Å²) in [5, 5.41) is 28.9. The lowest BCUT2D eigenvalue weighted by atomic mass is 9.98. The number of aliphatic hydroxyl groups is 2. The van der Waals surface area contributed by atoms with Crippen LogP contribution in [0.3, 0.4) is 0 Å². The number of ether oxygens (including phenoxy) is 2. The Balaban J connectivity index is 1.25. The Labute approximate surface area is 220 Å². The Hall–Kier alpha value is -4.45. The highest BCUT2D eigenvalue weighted by Crippen LogP contribution is 2.34. The Morgan fingerprint density at radius 3 is 2.26 bits per heavy atom. The Kier molecular flexibility index (Phi) is 6.39. The summed E-state index contributed by atoms with van der Waals surface area (Å²) in [6.45, 7) is -0.354. The minimum absolute atomic E-state index is 0.0181. The van der Waals surface area contributed by atoms with Gasteiger partial charge in [0.15, 0.2) is 17.7 Å². The molecule has 9 nitrogen and oxygen atoms in total. The van der Waals surface area contributed by atoms with Gasteiger partial charge in [-0.3, -0.25) is 0 Å². The maximum Gasteiger partial charge on any atom is 0.295 e. The molecule has 39 heavy (non-hydrogen) atoms. The highest BCUT2D eigenvalue weighted by Gasteiger charge is 2.37. The lowest BCUT2D eigenvalue weighted by Gasteiger charge is -2.15. The highest BCUT2D eigenvalue weighted by molar-refractivity contribution is 5.84. The number of nitrogens with one attached hydrogen (secondary N) is 1. The van der Waals surface area contributed by atoms with E-state index in [9.17, 15) is 15.3 Å². The molecule has 198 valence electrons. The molecule has 6 rings (SSSR count). The molecule has 11 heteroatoms. The van der Waals surface area contributed by atoms with E-state index >= 15 is 8.78 Å². The van der Waals surface area contributed by atoms with Crippen LogP contribution >= 0.6 is 0 Å². The molecule has 2 aromatic heterocycles. The van der Waals surface area contributed by atoms with E-state index in [-0.39, 0.29) is 41.7 Å². The Morgan fingerprint density at radius 1 is 0.949 bits per heavy atom. The van der Waals surface area contributed by atoms with Crippen LogP contribution in [0.1, 0.15) is 0 Å². The normalized spacial score (nSPS) is 19.0. The van der Waals surface area contributed by atoms with Gasteiger partial charge in [-0.05, 0) is 16.7 Å². The van der Waals surface area contributed by atoms with Crippen LogP contribution in [-0.4, -0.2) is 66.8 Å². The molecule has 0 aliphatic carbocycles. The summed E-state index contributed by atoms with van der Waals surface area (Å²) in [4.78, 5) is 15.0. The largest absolute Gasteiger partial charge is 0.493 e. The zero-order valence-electron chi connectivity index (χ0n) is 20.3. The summed E-state index contributed by atoms with van der Waals surface area (Å²) in [5.41, 5.74) is 2.53. The van der Waals surface area contributed by atoms with Crippen LogP contribution in [0.4, 0.5) is 8.78 Å². The van der Waals surface area contributed by atoms with Crippen LogP contribution < -0.4 is 4.74 Å². The van der Waals surface area contributed by atoms with Crippen molar-refractivity contribution in [1.82, 2.24) is 19.9 Å². The quantitative estimate of drug-likeness (QED) is 0.259. The van der Waals surface area contributed by atoms with Crippen molar-refractivity contribution in [2.75, 3.05) is 13.2 Å². The molecule has 1 fully saturated rings. The molecule has 3 aromatic carbocycles. The third-order valence-corrected chi connectivity index (χ3v) is 6.62. The number of halogens is 2. The van der Waals surface area contributed by atoms with Crippen LogP contribution in [0, 0.1) is 11.6 Å². The van der Waals surface area contributed by atoms with Crippen molar-refractivity contribution >= 4 is 11.0 Å². The molecule has 3 atom stereocenters.